The van der Waals surface area contributed by atoms with Crippen LogP contribution in [0.25, 0.3) is 0 Å². The van der Waals surface area contributed by atoms with Gasteiger partial charge < -0.3 is 10.6 Å². The molecule has 0 fully saturated rings. The third-order valence-corrected chi connectivity index (χ3v) is 4.84. The number of hydrogen-bond acceptors (Lipinski definition) is 4. The first kappa shape index (κ1) is 19.6. The van der Waals surface area contributed by atoms with Crippen LogP contribution in [0.5, 0.6) is 0 Å². The summed E-state index contributed by atoms with van der Waals surface area (Å²) in [5, 5.41) is 5.77. The Hall–Kier alpha value is -3.12. The number of amides is 2. The van der Waals surface area contributed by atoms with Crippen molar-refractivity contribution in [1.82, 2.24) is 4.98 Å². The van der Waals surface area contributed by atoms with Gasteiger partial charge in [-0.3, -0.25) is 14.6 Å². The number of aromatic nitrogens is 1. The summed E-state index contributed by atoms with van der Waals surface area (Å²) in [4.78, 5) is 28.8. The molecule has 0 saturated carbocycles. The smallest absolute Gasteiger partial charge is 0.255 e. The number of hydrogen-bond donors (Lipinski definition) is 2. The molecule has 2 aromatic carbocycles. The largest absolute Gasteiger partial charge is 0.322 e. The lowest BCUT2D eigenvalue weighted by molar-refractivity contribution is 0.101. The Bertz CT molecular complexity index is 973. The second-order valence-electron chi connectivity index (χ2n) is 6.30. The molecule has 0 unspecified atom stereocenters. The molecule has 0 atom stereocenters. The van der Waals surface area contributed by atoms with E-state index in [-0.39, 0.29) is 11.8 Å². The van der Waals surface area contributed by atoms with E-state index in [9.17, 15) is 9.59 Å². The van der Waals surface area contributed by atoms with Crippen LogP contribution in [0.2, 0.25) is 0 Å². The number of nitrogens with zero attached hydrogens (tertiary/aromatic N) is 1. The van der Waals surface area contributed by atoms with E-state index < -0.39 is 0 Å². The van der Waals surface area contributed by atoms with Gasteiger partial charge in [0.05, 0.1) is 0 Å². The van der Waals surface area contributed by atoms with Gasteiger partial charge in [-0.2, -0.15) is 11.8 Å². The first-order chi connectivity index (χ1) is 13.6. The number of carbonyl (C=O) groups excluding carboxylic acids is 2. The fourth-order valence-electron chi connectivity index (χ4n) is 2.65. The molecule has 5 nitrogen and oxygen atoms in total. The topological polar surface area (TPSA) is 71.1 Å². The van der Waals surface area contributed by atoms with E-state index in [0.717, 1.165) is 11.3 Å². The molecule has 0 aliphatic heterocycles. The number of anilines is 2. The van der Waals surface area contributed by atoms with E-state index >= 15 is 0 Å². The zero-order valence-corrected chi connectivity index (χ0v) is 16.5. The van der Waals surface area contributed by atoms with Crippen molar-refractivity contribution in [3.63, 3.8) is 0 Å². The van der Waals surface area contributed by atoms with E-state index in [2.05, 4.69) is 15.6 Å². The SMILES string of the molecule is CSCc1ccc(C(=O)Nc2ccc(C)c(NC(=O)c3ccncc3)c2)cc1. The standard InChI is InChI=1S/C22H21N3O2S/c1-15-3-8-19(13-20(15)25-22(27)18-9-11-23-12-10-18)24-21(26)17-6-4-16(5-7-17)14-28-2/h3-13H,14H2,1-2H3,(H,24,26)(H,25,27). The van der Waals surface area contributed by atoms with E-state index in [1.807, 2.05) is 49.6 Å². The van der Waals surface area contributed by atoms with Gasteiger partial charge in [0.1, 0.15) is 0 Å². The molecule has 0 bridgehead atoms. The summed E-state index contributed by atoms with van der Waals surface area (Å²) in [5.41, 5.74) is 4.47. The van der Waals surface area contributed by atoms with Gasteiger partial charge in [0.2, 0.25) is 0 Å². The van der Waals surface area contributed by atoms with Gasteiger partial charge in [-0.05, 0) is 60.7 Å². The third-order valence-electron chi connectivity index (χ3n) is 4.21. The van der Waals surface area contributed by atoms with Crippen molar-refractivity contribution in [1.29, 1.82) is 0 Å². The van der Waals surface area contributed by atoms with Crippen molar-refractivity contribution >= 4 is 35.0 Å². The minimum atomic E-state index is -0.224. The third kappa shape index (κ3) is 4.98. The van der Waals surface area contributed by atoms with Crippen LogP contribution in [0.15, 0.2) is 67.0 Å². The number of thioether (sulfide) groups is 1. The second-order valence-corrected chi connectivity index (χ2v) is 7.17. The molecule has 0 aliphatic rings. The molecule has 2 amide bonds. The molecule has 28 heavy (non-hydrogen) atoms. The highest BCUT2D eigenvalue weighted by Crippen LogP contribution is 2.22. The maximum atomic E-state index is 12.5. The lowest BCUT2D eigenvalue weighted by Crippen LogP contribution is -2.14. The Morgan fingerprint density at radius 2 is 1.54 bits per heavy atom. The number of pyridine rings is 1. The summed E-state index contributed by atoms with van der Waals surface area (Å²) < 4.78 is 0. The summed E-state index contributed by atoms with van der Waals surface area (Å²) in [6, 6.07) is 16.3. The van der Waals surface area contributed by atoms with Crippen LogP contribution in [0, 0.1) is 6.92 Å². The first-order valence-corrected chi connectivity index (χ1v) is 10.2. The predicted molar refractivity (Wildman–Crippen MR) is 115 cm³/mol. The number of rotatable bonds is 6. The van der Waals surface area contributed by atoms with Crippen molar-refractivity contribution in [2.45, 2.75) is 12.7 Å². The molecular weight excluding hydrogens is 370 g/mol. The Balaban J connectivity index is 1.72. The van der Waals surface area contributed by atoms with Crippen molar-refractivity contribution in [2.75, 3.05) is 16.9 Å². The minimum absolute atomic E-state index is 0.189. The van der Waals surface area contributed by atoms with E-state index in [4.69, 9.17) is 0 Å². The average Bonchev–Trinajstić information content (AvgIpc) is 2.72. The number of aryl methyl sites for hydroxylation is 1. The van der Waals surface area contributed by atoms with Crippen LogP contribution in [-0.2, 0) is 5.75 Å². The molecule has 6 heteroatoms. The zero-order valence-electron chi connectivity index (χ0n) is 15.7. The maximum Gasteiger partial charge on any atom is 0.255 e. The monoisotopic (exact) mass is 391 g/mol. The molecule has 3 rings (SSSR count). The molecule has 0 spiro atoms. The highest BCUT2D eigenvalue weighted by Gasteiger charge is 2.10. The molecule has 1 heterocycles. The fraction of sp³-hybridized carbons (Fsp3) is 0.136. The second kappa shape index (κ2) is 9.19. The molecule has 0 saturated heterocycles. The van der Waals surface area contributed by atoms with Crippen LogP contribution in [0.4, 0.5) is 11.4 Å². The highest BCUT2D eigenvalue weighted by atomic mass is 32.2. The van der Waals surface area contributed by atoms with Crippen molar-refractivity contribution < 1.29 is 9.59 Å². The summed E-state index contributed by atoms with van der Waals surface area (Å²) in [6.45, 7) is 1.90. The lowest BCUT2D eigenvalue weighted by atomic mass is 10.1. The van der Waals surface area contributed by atoms with Crippen LogP contribution in [-0.4, -0.2) is 23.1 Å². The Morgan fingerprint density at radius 1 is 0.893 bits per heavy atom. The Morgan fingerprint density at radius 3 is 2.21 bits per heavy atom. The zero-order chi connectivity index (χ0) is 19.9. The molecule has 3 aromatic rings. The molecule has 0 aliphatic carbocycles. The van der Waals surface area contributed by atoms with Crippen molar-refractivity contribution in [3.05, 3.63) is 89.2 Å². The summed E-state index contributed by atoms with van der Waals surface area (Å²) in [5.74, 6) is 0.504. The van der Waals surface area contributed by atoms with Crippen molar-refractivity contribution in [2.24, 2.45) is 0 Å². The van der Waals surface area contributed by atoms with Gasteiger partial charge in [0, 0.05) is 40.6 Å². The normalized spacial score (nSPS) is 10.4. The summed E-state index contributed by atoms with van der Waals surface area (Å²) >= 11 is 1.74. The van der Waals surface area contributed by atoms with Gasteiger partial charge in [0.15, 0.2) is 0 Å². The van der Waals surface area contributed by atoms with Crippen LogP contribution >= 0.6 is 11.8 Å². The van der Waals surface area contributed by atoms with E-state index in [0.29, 0.717) is 22.5 Å². The van der Waals surface area contributed by atoms with E-state index in [1.165, 1.54) is 5.56 Å². The van der Waals surface area contributed by atoms with Gasteiger partial charge in [0.25, 0.3) is 11.8 Å². The Kier molecular flexibility index (Phi) is 6.45. The number of benzene rings is 2. The lowest BCUT2D eigenvalue weighted by Gasteiger charge is -2.12. The van der Waals surface area contributed by atoms with Gasteiger partial charge >= 0.3 is 0 Å². The molecular formula is C22H21N3O2S. The van der Waals surface area contributed by atoms with Crippen LogP contribution in [0.1, 0.15) is 31.8 Å². The van der Waals surface area contributed by atoms with Crippen LogP contribution < -0.4 is 10.6 Å². The van der Waals surface area contributed by atoms with Gasteiger partial charge in [-0.1, -0.05) is 18.2 Å². The summed E-state index contributed by atoms with van der Waals surface area (Å²) in [7, 11) is 0. The fourth-order valence-corrected chi connectivity index (χ4v) is 3.18. The highest BCUT2D eigenvalue weighted by molar-refractivity contribution is 7.97. The first-order valence-electron chi connectivity index (χ1n) is 8.78. The maximum absolute atomic E-state index is 12.5. The average molecular weight is 391 g/mol. The van der Waals surface area contributed by atoms with Gasteiger partial charge in [-0.15, -0.1) is 0 Å². The molecule has 2 N–H and O–H groups in total. The quantitative estimate of drug-likeness (QED) is 0.636. The van der Waals surface area contributed by atoms with Gasteiger partial charge in [-0.25, -0.2) is 0 Å². The van der Waals surface area contributed by atoms with Crippen molar-refractivity contribution in [3.8, 4) is 0 Å². The Labute approximate surface area is 168 Å². The van der Waals surface area contributed by atoms with E-state index in [1.54, 1.807) is 42.4 Å². The number of carbonyl (C=O) groups is 2. The predicted octanol–water partition coefficient (Wildman–Crippen LogP) is 4.76. The van der Waals surface area contributed by atoms with Crippen LogP contribution in [0.3, 0.4) is 0 Å². The molecule has 142 valence electrons. The molecule has 0 radical (unpaired) electrons. The summed E-state index contributed by atoms with van der Waals surface area (Å²) in [6.07, 6.45) is 5.19. The number of nitrogens with one attached hydrogen (secondary N) is 2. The molecule has 1 aromatic heterocycles. The minimum Gasteiger partial charge on any atom is -0.322 e.